The Bertz CT molecular complexity index is 62.7. The van der Waals surface area contributed by atoms with Crippen LogP contribution >= 0.6 is 0 Å². The lowest BCUT2D eigenvalue weighted by atomic mass is 10.2. The van der Waals surface area contributed by atoms with Crippen molar-refractivity contribution in [2.45, 2.75) is 25.9 Å². The quantitative estimate of drug-likeness (QED) is 0.516. The van der Waals surface area contributed by atoms with Crippen LogP contribution in [-0.4, -0.2) is 12.1 Å². The number of rotatable bonds is 2. The van der Waals surface area contributed by atoms with E-state index in [2.05, 4.69) is 5.18 Å². The van der Waals surface area contributed by atoms with Gasteiger partial charge < -0.3 is 5.73 Å². The van der Waals surface area contributed by atoms with Crippen LogP contribution in [0.25, 0.3) is 0 Å². The molecule has 0 heterocycles. The summed E-state index contributed by atoms with van der Waals surface area (Å²) in [6.07, 6.45) is 0. The van der Waals surface area contributed by atoms with E-state index in [-0.39, 0.29) is 12.1 Å². The largest absolute Gasteiger partial charge is 0.326 e. The Hall–Kier alpha value is -0.440. The third kappa shape index (κ3) is 2.28. The molecule has 0 bridgehead atoms. The van der Waals surface area contributed by atoms with Crippen molar-refractivity contribution < 1.29 is 0 Å². The first kappa shape index (κ1) is 6.56. The van der Waals surface area contributed by atoms with Gasteiger partial charge in [0.25, 0.3) is 0 Å². The van der Waals surface area contributed by atoms with Crippen molar-refractivity contribution in [1.29, 1.82) is 0 Å². The van der Waals surface area contributed by atoms with Crippen LogP contribution in [0, 0.1) is 4.91 Å². The summed E-state index contributed by atoms with van der Waals surface area (Å²) in [4.78, 5) is 9.62. The summed E-state index contributed by atoms with van der Waals surface area (Å²) in [5.41, 5.74) is 5.25. The van der Waals surface area contributed by atoms with Gasteiger partial charge in [0.2, 0.25) is 0 Å². The van der Waals surface area contributed by atoms with Gasteiger partial charge in [-0.3, -0.25) is 0 Å². The third-order valence-corrected chi connectivity index (χ3v) is 0.927. The fraction of sp³-hybridized carbons (Fsp3) is 1.00. The molecule has 42 valence electrons. The summed E-state index contributed by atoms with van der Waals surface area (Å²) in [5, 5.41) is 2.71. The van der Waals surface area contributed by atoms with E-state index >= 15 is 0 Å². The molecule has 1 unspecified atom stereocenters. The van der Waals surface area contributed by atoms with Crippen molar-refractivity contribution in [3.8, 4) is 0 Å². The summed E-state index contributed by atoms with van der Waals surface area (Å²) < 4.78 is 0. The lowest BCUT2D eigenvalue weighted by molar-refractivity contribution is 0.602. The van der Waals surface area contributed by atoms with Crippen LogP contribution in [0.15, 0.2) is 5.18 Å². The zero-order valence-electron chi connectivity index (χ0n) is 4.59. The van der Waals surface area contributed by atoms with Gasteiger partial charge in [0, 0.05) is 6.04 Å². The molecule has 0 aliphatic heterocycles. The fourth-order valence-electron chi connectivity index (χ4n) is 0.0960. The van der Waals surface area contributed by atoms with Gasteiger partial charge >= 0.3 is 0 Å². The van der Waals surface area contributed by atoms with E-state index in [0.29, 0.717) is 0 Å². The summed E-state index contributed by atoms with van der Waals surface area (Å²) in [7, 11) is 0. The monoisotopic (exact) mass is 102 g/mol. The second-order valence-electron chi connectivity index (χ2n) is 1.71. The molecule has 0 spiro atoms. The number of nitrogens with two attached hydrogens (primary N) is 1. The Kier molecular flexibility index (Phi) is 2.52. The van der Waals surface area contributed by atoms with Crippen molar-refractivity contribution in [2.24, 2.45) is 10.9 Å². The van der Waals surface area contributed by atoms with Crippen LogP contribution in [0.4, 0.5) is 0 Å². The number of nitrogens with zero attached hydrogens (tertiary/aromatic N) is 1. The van der Waals surface area contributed by atoms with E-state index < -0.39 is 0 Å². The molecular weight excluding hydrogens is 92.1 g/mol. The minimum absolute atomic E-state index is 0.113. The standard InChI is InChI=1S/C4H10N2O/c1-3(5)4(2)6-7/h3-4H,5H2,1-2H3/t3?,4-/m1/s1. The molecule has 7 heavy (non-hydrogen) atoms. The van der Waals surface area contributed by atoms with Crippen LogP contribution in [0.2, 0.25) is 0 Å². The summed E-state index contributed by atoms with van der Waals surface area (Å²) >= 11 is 0. The van der Waals surface area contributed by atoms with Gasteiger partial charge in [0.05, 0.1) is 0 Å². The number of nitroso groups, excluding NO2 is 1. The lowest BCUT2D eigenvalue weighted by Gasteiger charge is -2.03. The van der Waals surface area contributed by atoms with E-state index in [1.54, 1.807) is 13.8 Å². The highest BCUT2D eigenvalue weighted by Crippen LogP contribution is 1.90. The number of hydrogen-bond donors (Lipinski definition) is 1. The topological polar surface area (TPSA) is 55.4 Å². The van der Waals surface area contributed by atoms with E-state index in [1.165, 1.54) is 0 Å². The van der Waals surface area contributed by atoms with E-state index in [4.69, 9.17) is 5.73 Å². The first-order valence-corrected chi connectivity index (χ1v) is 2.26. The minimum Gasteiger partial charge on any atom is -0.326 e. The van der Waals surface area contributed by atoms with E-state index in [1.807, 2.05) is 0 Å². The molecule has 0 aromatic rings. The van der Waals surface area contributed by atoms with E-state index in [9.17, 15) is 4.91 Å². The van der Waals surface area contributed by atoms with Gasteiger partial charge in [-0.25, -0.2) is 0 Å². The third-order valence-electron chi connectivity index (χ3n) is 0.927. The molecule has 0 saturated heterocycles. The van der Waals surface area contributed by atoms with Gasteiger partial charge in [0.15, 0.2) is 0 Å². The molecule has 0 rings (SSSR count). The molecule has 0 aromatic carbocycles. The summed E-state index contributed by atoms with van der Waals surface area (Å²) in [6.45, 7) is 3.45. The molecule has 2 atom stereocenters. The smallest absolute Gasteiger partial charge is 0.104 e. The van der Waals surface area contributed by atoms with Gasteiger partial charge in [-0.05, 0) is 13.8 Å². The maximum absolute atomic E-state index is 9.62. The molecule has 0 fully saturated rings. The molecule has 0 saturated carbocycles. The second kappa shape index (κ2) is 2.69. The predicted octanol–water partition coefficient (Wildman–Crippen LogP) is 0.488. The average Bonchev–Trinajstić information content (AvgIpc) is 1.65. The Labute approximate surface area is 42.9 Å². The lowest BCUT2D eigenvalue weighted by Crippen LogP contribution is -2.26. The fourth-order valence-corrected chi connectivity index (χ4v) is 0.0960. The zero-order chi connectivity index (χ0) is 5.86. The number of hydrogen-bond acceptors (Lipinski definition) is 3. The predicted molar refractivity (Wildman–Crippen MR) is 28.9 cm³/mol. The van der Waals surface area contributed by atoms with Crippen LogP contribution in [0.5, 0.6) is 0 Å². The molecule has 3 nitrogen and oxygen atoms in total. The molecule has 0 radical (unpaired) electrons. The highest BCUT2D eigenvalue weighted by atomic mass is 16.3. The van der Waals surface area contributed by atoms with Crippen molar-refractivity contribution in [1.82, 2.24) is 0 Å². The minimum atomic E-state index is -0.250. The second-order valence-corrected chi connectivity index (χ2v) is 1.71. The van der Waals surface area contributed by atoms with Crippen molar-refractivity contribution >= 4 is 0 Å². The van der Waals surface area contributed by atoms with E-state index in [0.717, 1.165) is 0 Å². The van der Waals surface area contributed by atoms with Gasteiger partial charge in [-0.15, -0.1) is 0 Å². The van der Waals surface area contributed by atoms with Crippen LogP contribution in [0.3, 0.4) is 0 Å². The van der Waals surface area contributed by atoms with Crippen LogP contribution in [0.1, 0.15) is 13.8 Å². The molecule has 0 amide bonds. The first-order chi connectivity index (χ1) is 3.18. The Morgan fingerprint density at radius 3 is 2.00 bits per heavy atom. The average molecular weight is 102 g/mol. The Morgan fingerprint density at radius 2 is 2.00 bits per heavy atom. The first-order valence-electron chi connectivity index (χ1n) is 2.26. The molecular formula is C4H10N2O. The Balaban J connectivity index is 3.33. The van der Waals surface area contributed by atoms with Crippen LogP contribution < -0.4 is 5.73 Å². The van der Waals surface area contributed by atoms with Gasteiger partial charge in [-0.1, -0.05) is 5.18 Å². The van der Waals surface area contributed by atoms with Gasteiger partial charge in [0.1, 0.15) is 6.04 Å². The SMILES string of the molecule is CC(N)[C@@H](C)N=O. The molecule has 0 aliphatic rings. The van der Waals surface area contributed by atoms with Crippen molar-refractivity contribution in [3.63, 3.8) is 0 Å². The van der Waals surface area contributed by atoms with Crippen LogP contribution in [-0.2, 0) is 0 Å². The zero-order valence-corrected chi connectivity index (χ0v) is 4.59. The Morgan fingerprint density at radius 1 is 1.57 bits per heavy atom. The summed E-state index contributed by atoms with van der Waals surface area (Å²) in [6, 6.07) is -0.363. The maximum Gasteiger partial charge on any atom is 0.104 e. The van der Waals surface area contributed by atoms with Gasteiger partial charge in [-0.2, -0.15) is 4.91 Å². The molecule has 0 aliphatic carbocycles. The highest BCUT2D eigenvalue weighted by molar-refractivity contribution is 4.67. The van der Waals surface area contributed by atoms with Crippen molar-refractivity contribution in [2.75, 3.05) is 0 Å². The normalized spacial score (nSPS) is 18.1. The maximum atomic E-state index is 9.62. The molecule has 0 aromatic heterocycles. The summed E-state index contributed by atoms with van der Waals surface area (Å²) in [5.74, 6) is 0. The highest BCUT2D eigenvalue weighted by Gasteiger charge is 2.03. The van der Waals surface area contributed by atoms with Crippen molar-refractivity contribution in [3.05, 3.63) is 4.91 Å². The molecule has 3 heteroatoms. The molecule has 2 N–H and O–H groups in total.